The molecular formula is C28H30ClNO5. The first kappa shape index (κ1) is 24.7. The number of benzene rings is 3. The van der Waals surface area contributed by atoms with Gasteiger partial charge in [0, 0.05) is 5.69 Å². The van der Waals surface area contributed by atoms with Crippen molar-refractivity contribution < 1.29 is 23.7 Å². The van der Waals surface area contributed by atoms with Crippen LogP contribution in [0.3, 0.4) is 0 Å². The molecule has 0 aliphatic carbocycles. The monoisotopic (exact) mass is 495 g/mol. The highest BCUT2D eigenvalue weighted by atomic mass is 35.5. The Hall–Kier alpha value is -3.38. The second-order valence-electron chi connectivity index (χ2n) is 8.03. The number of fused-ring (bicyclic) bond motifs is 1. The number of hydrogen-bond donors (Lipinski definition) is 0. The van der Waals surface area contributed by atoms with Crippen LogP contribution < -0.4 is 23.8 Å². The molecule has 1 aliphatic rings. The Morgan fingerprint density at radius 2 is 1.51 bits per heavy atom. The topological polar surface area (TPSA) is 57.2 Å². The van der Waals surface area contributed by atoms with Crippen molar-refractivity contribution in [2.24, 2.45) is 0 Å². The summed E-state index contributed by atoms with van der Waals surface area (Å²) >= 11 is 6.45. The molecule has 1 heterocycles. The molecule has 1 amide bonds. The predicted octanol–water partition coefficient (Wildman–Crippen LogP) is 6.22. The van der Waals surface area contributed by atoms with Crippen LogP contribution in [0.25, 0.3) is 0 Å². The lowest BCUT2D eigenvalue weighted by atomic mass is 9.86. The van der Waals surface area contributed by atoms with Crippen LogP contribution >= 0.6 is 11.6 Å². The predicted molar refractivity (Wildman–Crippen MR) is 137 cm³/mol. The highest BCUT2D eigenvalue weighted by Gasteiger charge is 2.36. The van der Waals surface area contributed by atoms with Crippen molar-refractivity contribution in [3.8, 4) is 23.0 Å². The van der Waals surface area contributed by atoms with E-state index in [2.05, 4.69) is 0 Å². The maximum Gasteiger partial charge on any atom is 0.232 e. The van der Waals surface area contributed by atoms with Crippen molar-refractivity contribution in [3.05, 3.63) is 76.3 Å². The summed E-state index contributed by atoms with van der Waals surface area (Å²) in [6.45, 7) is 7.41. The van der Waals surface area contributed by atoms with Gasteiger partial charge in [0.25, 0.3) is 0 Å². The third kappa shape index (κ3) is 5.03. The van der Waals surface area contributed by atoms with Gasteiger partial charge in [-0.05, 0) is 79.9 Å². The SMILES string of the molecule is CCOc1ccc(C2c3cc(OCC)c(OCC)cc3CC(=O)N2c2ccc(OC)c(Cl)c2)cc1. The normalized spacial score (nSPS) is 14.9. The zero-order valence-corrected chi connectivity index (χ0v) is 21.2. The van der Waals surface area contributed by atoms with Crippen molar-refractivity contribution in [2.75, 3.05) is 31.8 Å². The summed E-state index contributed by atoms with van der Waals surface area (Å²) in [6.07, 6.45) is 0.235. The molecule has 4 rings (SSSR count). The van der Waals surface area contributed by atoms with E-state index in [9.17, 15) is 4.79 Å². The molecular weight excluding hydrogens is 466 g/mol. The smallest absolute Gasteiger partial charge is 0.232 e. The summed E-state index contributed by atoms with van der Waals surface area (Å²) in [4.78, 5) is 15.4. The molecule has 0 saturated carbocycles. The minimum absolute atomic E-state index is 0.0378. The quantitative estimate of drug-likeness (QED) is 0.352. The van der Waals surface area contributed by atoms with E-state index >= 15 is 0 Å². The zero-order valence-electron chi connectivity index (χ0n) is 20.5. The number of hydrogen-bond acceptors (Lipinski definition) is 5. The molecule has 0 saturated heterocycles. The first-order valence-electron chi connectivity index (χ1n) is 11.8. The summed E-state index contributed by atoms with van der Waals surface area (Å²) < 4.78 is 22.7. The van der Waals surface area contributed by atoms with E-state index in [0.29, 0.717) is 47.8 Å². The average Bonchev–Trinajstić information content (AvgIpc) is 2.85. The van der Waals surface area contributed by atoms with Crippen LogP contribution in [0.15, 0.2) is 54.6 Å². The molecule has 0 spiro atoms. The Morgan fingerprint density at radius 3 is 2.11 bits per heavy atom. The Balaban J connectivity index is 1.89. The molecule has 7 heteroatoms. The lowest BCUT2D eigenvalue weighted by Gasteiger charge is -2.38. The summed E-state index contributed by atoms with van der Waals surface area (Å²) in [5.74, 6) is 2.60. The van der Waals surface area contributed by atoms with E-state index in [0.717, 1.165) is 22.4 Å². The van der Waals surface area contributed by atoms with Crippen LogP contribution in [-0.4, -0.2) is 32.8 Å². The first-order chi connectivity index (χ1) is 17.0. The second kappa shape index (κ2) is 10.9. The summed E-state index contributed by atoms with van der Waals surface area (Å²) in [6, 6.07) is 16.8. The number of ether oxygens (including phenoxy) is 4. The highest BCUT2D eigenvalue weighted by Crippen LogP contribution is 2.44. The molecule has 1 unspecified atom stereocenters. The summed E-state index contributed by atoms with van der Waals surface area (Å²) in [5, 5.41) is 0.440. The number of carbonyl (C=O) groups excluding carboxylic acids is 1. The molecule has 0 bridgehead atoms. The van der Waals surface area contributed by atoms with Gasteiger partial charge in [-0.3, -0.25) is 4.79 Å². The first-order valence-corrected chi connectivity index (χ1v) is 12.2. The molecule has 3 aromatic rings. The van der Waals surface area contributed by atoms with Gasteiger partial charge in [-0.25, -0.2) is 0 Å². The molecule has 0 aromatic heterocycles. The summed E-state index contributed by atoms with van der Waals surface area (Å²) in [7, 11) is 1.57. The van der Waals surface area contributed by atoms with Gasteiger partial charge in [-0.15, -0.1) is 0 Å². The van der Waals surface area contributed by atoms with E-state index in [-0.39, 0.29) is 18.4 Å². The number of halogens is 1. The fourth-order valence-corrected chi connectivity index (χ4v) is 4.68. The van der Waals surface area contributed by atoms with Crippen LogP contribution in [0.2, 0.25) is 5.02 Å². The number of anilines is 1. The van der Waals surface area contributed by atoms with Gasteiger partial charge < -0.3 is 23.8 Å². The van der Waals surface area contributed by atoms with Gasteiger partial charge in [0.05, 0.1) is 44.4 Å². The minimum atomic E-state index is -0.388. The van der Waals surface area contributed by atoms with Crippen molar-refractivity contribution in [2.45, 2.75) is 33.2 Å². The Kier molecular flexibility index (Phi) is 7.71. The van der Waals surface area contributed by atoms with Crippen molar-refractivity contribution in [3.63, 3.8) is 0 Å². The number of nitrogens with zero attached hydrogens (tertiary/aromatic N) is 1. The van der Waals surface area contributed by atoms with Gasteiger partial charge in [0.1, 0.15) is 11.5 Å². The number of methoxy groups -OCH3 is 1. The van der Waals surface area contributed by atoms with Gasteiger partial charge >= 0.3 is 0 Å². The number of carbonyl (C=O) groups is 1. The third-order valence-corrected chi connectivity index (χ3v) is 6.18. The van der Waals surface area contributed by atoms with Crippen molar-refractivity contribution in [1.29, 1.82) is 0 Å². The van der Waals surface area contributed by atoms with E-state index in [1.165, 1.54) is 0 Å². The molecule has 35 heavy (non-hydrogen) atoms. The lowest BCUT2D eigenvalue weighted by Crippen LogP contribution is -2.41. The van der Waals surface area contributed by atoms with Crippen LogP contribution in [-0.2, 0) is 11.2 Å². The van der Waals surface area contributed by atoms with E-state index in [1.54, 1.807) is 24.1 Å². The molecule has 1 atom stereocenters. The molecule has 0 fully saturated rings. The minimum Gasteiger partial charge on any atom is -0.495 e. The van der Waals surface area contributed by atoms with Crippen LogP contribution in [0.5, 0.6) is 23.0 Å². The molecule has 184 valence electrons. The second-order valence-corrected chi connectivity index (χ2v) is 8.43. The van der Waals surface area contributed by atoms with Crippen molar-refractivity contribution in [1.82, 2.24) is 0 Å². The molecule has 3 aromatic carbocycles. The molecule has 0 N–H and O–H groups in total. The molecule has 1 aliphatic heterocycles. The van der Waals surface area contributed by atoms with E-state index in [4.69, 9.17) is 30.5 Å². The summed E-state index contributed by atoms with van der Waals surface area (Å²) in [5.41, 5.74) is 3.53. The fourth-order valence-electron chi connectivity index (χ4n) is 4.43. The number of rotatable bonds is 9. The average molecular weight is 496 g/mol. The molecule has 6 nitrogen and oxygen atoms in total. The fraction of sp³-hybridized carbons (Fsp3) is 0.321. The van der Waals surface area contributed by atoms with E-state index in [1.807, 2.05) is 63.2 Å². The lowest BCUT2D eigenvalue weighted by molar-refractivity contribution is -0.118. The van der Waals surface area contributed by atoms with Gasteiger partial charge in [-0.1, -0.05) is 23.7 Å². The zero-order chi connectivity index (χ0) is 24.9. The van der Waals surface area contributed by atoms with Crippen LogP contribution in [0, 0.1) is 0 Å². The molecule has 0 radical (unpaired) electrons. The third-order valence-electron chi connectivity index (χ3n) is 5.89. The van der Waals surface area contributed by atoms with Gasteiger partial charge in [0.15, 0.2) is 11.5 Å². The van der Waals surface area contributed by atoms with Crippen LogP contribution in [0.4, 0.5) is 5.69 Å². The van der Waals surface area contributed by atoms with E-state index < -0.39 is 0 Å². The van der Waals surface area contributed by atoms with Gasteiger partial charge in [-0.2, -0.15) is 0 Å². The Bertz CT molecular complexity index is 1190. The largest absolute Gasteiger partial charge is 0.495 e. The maximum atomic E-state index is 13.6. The van der Waals surface area contributed by atoms with Gasteiger partial charge in [0.2, 0.25) is 5.91 Å². The Morgan fingerprint density at radius 1 is 0.857 bits per heavy atom. The Labute approximate surface area is 211 Å². The maximum absolute atomic E-state index is 13.6. The number of amides is 1. The highest BCUT2D eigenvalue weighted by molar-refractivity contribution is 6.32. The van der Waals surface area contributed by atoms with Crippen molar-refractivity contribution >= 4 is 23.2 Å². The standard InChI is InChI=1S/C28H30ClNO5/c1-5-33-21-11-8-18(9-12-21)28-22-17-26(35-7-3)25(34-6-2)14-19(22)15-27(31)30(28)20-10-13-24(32-4)23(29)16-20/h8-14,16-17,28H,5-7,15H2,1-4H3. The van der Waals surface area contributed by atoms with Crippen LogP contribution in [0.1, 0.15) is 43.5 Å².